The molecule has 0 aliphatic carbocycles. The molecule has 3 heteroatoms. The predicted octanol–water partition coefficient (Wildman–Crippen LogP) is 1.36. The molecule has 0 aliphatic heterocycles. The Morgan fingerprint density at radius 3 is 2.73 bits per heavy atom. The maximum absolute atomic E-state index is 11.8. The molecule has 0 saturated heterocycles. The number of nitrogens with one attached hydrogen (secondary N) is 1. The number of carbonyl (C=O) groups is 1. The predicted molar refractivity (Wildman–Crippen MR) is 59.8 cm³/mol. The first kappa shape index (κ1) is 11.7. The zero-order chi connectivity index (χ0) is 11.3. The summed E-state index contributed by atoms with van der Waals surface area (Å²) in [5, 5.41) is 11.6. The smallest absolute Gasteiger partial charge is 0.251 e. The zero-order valence-corrected chi connectivity index (χ0v) is 9.16. The van der Waals surface area contributed by atoms with Gasteiger partial charge in [0.15, 0.2) is 0 Å². The first-order chi connectivity index (χ1) is 7.19. The molecule has 15 heavy (non-hydrogen) atoms. The van der Waals surface area contributed by atoms with Crippen LogP contribution in [0.4, 0.5) is 0 Å². The van der Waals surface area contributed by atoms with Gasteiger partial charge in [-0.1, -0.05) is 25.1 Å². The third kappa shape index (κ3) is 3.06. The van der Waals surface area contributed by atoms with Gasteiger partial charge in [0.25, 0.3) is 5.91 Å². The number of hydrogen-bond acceptors (Lipinski definition) is 2. The van der Waals surface area contributed by atoms with Gasteiger partial charge in [-0.05, 0) is 25.0 Å². The van der Waals surface area contributed by atoms with Crippen molar-refractivity contribution in [3.8, 4) is 0 Å². The van der Waals surface area contributed by atoms with E-state index in [1.807, 2.05) is 25.1 Å². The van der Waals surface area contributed by atoms with Gasteiger partial charge in [-0.15, -0.1) is 0 Å². The van der Waals surface area contributed by atoms with Crippen LogP contribution in [0.3, 0.4) is 0 Å². The minimum atomic E-state index is -0.206. The summed E-state index contributed by atoms with van der Waals surface area (Å²) in [5.41, 5.74) is 1.72. The van der Waals surface area contributed by atoms with Crippen LogP contribution in [-0.4, -0.2) is 23.7 Å². The van der Waals surface area contributed by atoms with E-state index in [0.29, 0.717) is 5.56 Å². The average molecular weight is 207 g/mol. The molecule has 0 fully saturated rings. The molecular formula is C12H17NO2. The van der Waals surface area contributed by atoms with Crippen LogP contribution in [-0.2, 0) is 6.42 Å². The number of rotatable bonds is 4. The molecule has 3 nitrogen and oxygen atoms in total. The third-order valence-corrected chi connectivity index (χ3v) is 2.29. The largest absolute Gasteiger partial charge is 0.394 e. The van der Waals surface area contributed by atoms with Crippen LogP contribution >= 0.6 is 0 Å². The fourth-order valence-electron chi connectivity index (χ4n) is 1.40. The summed E-state index contributed by atoms with van der Waals surface area (Å²) in [4.78, 5) is 11.8. The fourth-order valence-corrected chi connectivity index (χ4v) is 1.40. The Labute approximate surface area is 90.1 Å². The van der Waals surface area contributed by atoms with Crippen molar-refractivity contribution in [2.24, 2.45) is 0 Å². The molecule has 0 bridgehead atoms. The van der Waals surface area contributed by atoms with Crippen molar-refractivity contribution in [3.05, 3.63) is 35.4 Å². The summed E-state index contributed by atoms with van der Waals surface area (Å²) < 4.78 is 0. The highest BCUT2D eigenvalue weighted by Gasteiger charge is 2.11. The molecule has 1 aromatic carbocycles. The van der Waals surface area contributed by atoms with Gasteiger partial charge in [0.1, 0.15) is 0 Å². The number of aryl methyl sites for hydroxylation is 1. The zero-order valence-electron chi connectivity index (χ0n) is 9.16. The molecule has 0 aromatic heterocycles. The van der Waals surface area contributed by atoms with Crippen molar-refractivity contribution in [3.63, 3.8) is 0 Å². The Hall–Kier alpha value is -1.35. The van der Waals surface area contributed by atoms with Crippen molar-refractivity contribution in [2.75, 3.05) is 6.61 Å². The van der Waals surface area contributed by atoms with Gasteiger partial charge < -0.3 is 10.4 Å². The van der Waals surface area contributed by atoms with Crippen molar-refractivity contribution < 1.29 is 9.90 Å². The second kappa shape index (κ2) is 5.51. The molecular weight excluding hydrogens is 190 g/mol. The average Bonchev–Trinajstić information content (AvgIpc) is 2.28. The van der Waals surface area contributed by atoms with Gasteiger partial charge in [0, 0.05) is 11.6 Å². The van der Waals surface area contributed by atoms with Crippen LogP contribution in [0.1, 0.15) is 29.8 Å². The first-order valence-electron chi connectivity index (χ1n) is 5.18. The second-order valence-corrected chi connectivity index (χ2v) is 3.57. The molecule has 1 unspecified atom stereocenters. The number of hydrogen-bond donors (Lipinski definition) is 2. The normalized spacial score (nSPS) is 12.2. The third-order valence-electron chi connectivity index (χ3n) is 2.29. The van der Waals surface area contributed by atoms with Crippen LogP contribution in [0, 0.1) is 0 Å². The van der Waals surface area contributed by atoms with E-state index in [1.54, 1.807) is 13.0 Å². The van der Waals surface area contributed by atoms with Crippen molar-refractivity contribution in [1.82, 2.24) is 5.32 Å². The molecule has 0 radical (unpaired) electrons. The molecule has 82 valence electrons. The number of benzene rings is 1. The van der Waals surface area contributed by atoms with E-state index in [9.17, 15) is 4.79 Å². The lowest BCUT2D eigenvalue weighted by Crippen LogP contribution is -2.35. The molecule has 0 spiro atoms. The summed E-state index contributed by atoms with van der Waals surface area (Å²) in [5.74, 6) is -0.117. The number of aliphatic hydroxyl groups is 1. The molecule has 1 aromatic rings. The molecule has 0 saturated carbocycles. The van der Waals surface area contributed by atoms with E-state index < -0.39 is 0 Å². The minimum Gasteiger partial charge on any atom is -0.394 e. The Bertz CT molecular complexity index is 336. The molecule has 0 aliphatic rings. The van der Waals surface area contributed by atoms with E-state index in [-0.39, 0.29) is 18.6 Å². The first-order valence-corrected chi connectivity index (χ1v) is 5.18. The highest BCUT2D eigenvalue weighted by Crippen LogP contribution is 2.09. The fraction of sp³-hybridized carbons (Fsp3) is 0.417. The van der Waals surface area contributed by atoms with Gasteiger partial charge in [0.05, 0.1) is 6.61 Å². The van der Waals surface area contributed by atoms with E-state index in [2.05, 4.69) is 5.32 Å². The summed E-state index contributed by atoms with van der Waals surface area (Å²) in [6.45, 7) is 3.74. The highest BCUT2D eigenvalue weighted by atomic mass is 16.3. The van der Waals surface area contributed by atoms with Gasteiger partial charge in [-0.3, -0.25) is 4.79 Å². The van der Waals surface area contributed by atoms with Crippen molar-refractivity contribution >= 4 is 5.91 Å². The van der Waals surface area contributed by atoms with Crippen LogP contribution in [0.15, 0.2) is 24.3 Å². The maximum Gasteiger partial charge on any atom is 0.251 e. The topological polar surface area (TPSA) is 49.3 Å². The summed E-state index contributed by atoms with van der Waals surface area (Å²) >= 11 is 0. The molecule has 1 atom stereocenters. The minimum absolute atomic E-state index is 0.0416. The Morgan fingerprint density at radius 2 is 2.13 bits per heavy atom. The van der Waals surface area contributed by atoms with Crippen LogP contribution < -0.4 is 5.32 Å². The van der Waals surface area contributed by atoms with Crippen LogP contribution in [0.25, 0.3) is 0 Å². The monoisotopic (exact) mass is 207 g/mol. The molecule has 1 rings (SSSR count). The number of carbonyl (C=O) groups excluding carboxylic acids is 1. The van der Waals surface area contributed by atoms with Gasteiger partial charge in [0.2, 0.25) is 0 Å². The quantitative estimate of drug-likeness (QED) is 0.783. The van der Waals surface area contributed by atoms with E-state index in [1.165, 1.54) is 0 Å². The lowest BCUT2D eigenvalue weighted by Gasteiger charge is -2.12. The molecule has 0 heterocycles. The molecule has 2 N–H and O–H groups in total. The van der Waals surface area contributed by atoms with Gasteiger partial charge in [-0.2, -0.15) is 0 Å². The summed E-state index contributed by atoms with van der Waals surface area (Å²) in [7, 11) is 0. The Morgan fingerprint density at radius 1 is 1.47 bits per heavy atom. The summed E-state index contributed by atoms with van der Waals surface area (Å²) in [6.07, 6.45) is 0.830. The van der Waals surface area contributed by atoms with Gasteiger partial charge in [-0.25, -0.2) is 0 Å². The lowest BCUT2D eigenvalue weighted by atomic mass is 10.0. The number of aliphatic hydroxyl groups excluding tert-OH is 1. The van der Waals surface area contributed by atoms with Crippen LogP contribution in [0.2, 0.25) is 0 Å². The summed E-state index contributed by atoms with van der Waals surface area (Å²) in [6, 6.07) is 7.31. The number of amides is 1. The van der Waals surface area contributed by atoms with Crippen LogP contribution in [0.5, 0.6) is 0 Å². The SMILES string of the molecule is CCc1ccccc1C(=O)NC(C)CO. The standard InChI is InChI=1S/C12H17NO2/c1-3-10-6-4-5-7-11(10)12(15)13-9(2)8-14/h4-7,9,14H,3,8H2,1-2H3,(H,13,15). The lowest BCUT2D eigenvalue weighted by molar-refractivity contribution is 0.0921. The maximum atomic E-state index is 11.8. The van der Waals surface area contributed by atoms with Crippen molar-refractivity contribution in [2.45, 2.75) is 26.3 Å². The van der Waals surface area contributed by atoms with E-state index >= 15 is 0 Å². The second-order valence-electron chi connectivity index (χ2n) is 3.57. The van der Waals surface area contributed by atoms with Crippen molar-refractivity contribution in [1.29, 1.82) is 0 Å². The highest BCUT2D eigenvalue weighted by molar-refractivity contribution is 5.95. The van der Waals surface area contributed by atoms with E-state index in [0.717, 1.165) is 12.0 Å². The Balaban J connectivity index is 2.81. The van der Waals surface area contributed by atoms with Gasteiger partial charge >= 0.3 is 0 Å². The Kier molecular flexibility index (Phi) is 4.31. The molecule has 1 amide bonds. The van der Waals surface area contributed by atoms with E-state index in [4.69, 9.17) is 5.11 Å².